The topological polar surface area (TPSA) is 57.0 Å². The van der Waals surface area contributed by atoms with Crippen molar-refractivity contribution in [3.05, 3.63) is 70.7 Å². The molecule has 5 nitrogen and oxygen atoms in total. The Morgan fingerprint density at radius 3 is 2.69 bits per heavy atom. The highest BCUT2D eigenvalue weighted by Gasteiger charge is 2.21. The Kier molecular flexibility index (Phi) is 4.26. The first kappa shape index (κ1) is 16.5. The van der Waals surface area contributed by atoms with Crippen LogP contribution in [0.5, 0.6) is 0 Å². The normalized spacial score (nSPS) is 11.0. The molecule has 4 aromatic rings. The molecule has 1 aromatic carbocycles. The molecule has 0 fully saturated rings. The molecule has 0 radical (unpaired) electrons. The predicted octanol–water partition coefficient (Wildman–Crippen LogP) is 4.30. The van der Waals surface area contributed by atoms with E-state index in [9.17, 15) is 4.79 Å². The van der Waals surface area contributed by atoms with Crippen molar-refractivity contribution in [3.63, 3.8) is 0 Å². The third-order valence-electron chi connectivity index (χ3n) is 4.23. The lowest BCUT2D eigenvalue weighted by Crippen LogP contribution is -2.06. The minimum absolute atomic E-state index is 0.377. The van der Waals surface area contributed by atoms with Gasteiger partial charge in [-0.25, -0.2) is 14.5 Å². The Hall–Kier alpha value is -2.99. The smallest absolute Gasteiger partial charge is 0.338 e. The van der Waals surface area contributed by atoms with E-state index >= 15 is 0 Å². The van der Waals surface area contributed by atoms with Crippen LogP contribution in [0.15, 0.2) is 53.9 Å². The highest BCUT2D eigenvalue weighted by Crippen LogP contribution is 2.30. The van der Waals surface area contributed by atoms with Gasteiger partial charge in [0.05, 0.1) is 40.9 Å². The molecule has 3 aromatic heterocycles. The van der Waals surface area contributed by atoms with Gasteiger partial charge in [-0.05, 0) is 30.0 Å². The van der Waals surface area contributed by atoms with Crippen LogP contribution in [-0.4, -0.2) is 27.8 Å². The first-order valence-electron chi connectivity index (χ1n) is 8.21. The number of nitrogens with zero attached hydrogens (tertiary/aromatic N) is 3. The minimum atomic E-state index is -0.377. The number of hydrogen-bond donors (Lipinski definition) is 0. The molecule has 3 heterocycles. The maximum absolute atomic E-state index is 12.4. The summed E-state index contributed by atoms with van der Waals surface area (Å²) in [6.45, 7) is 2.48. The number of thiophene rings is 1. The van der Waals surface area contributed by atoms with E-state index in [1.165, 1.54) is 7.11 Å². The van der Waals surface area contributed by atoms with E-state index in [0.717, 1.165) is 27.2 Å². The van der Waals surface area contributed by atoms with E-state index in [0.29, 0.717) is 17.8 Å². The molecule has 0 N–H and O–H groups in total. The van der Waals surface area contributed by atoms with Crippen molar-refractivity contribution in [1.29, 1.82) is 0 Å². The largest absolute Gasteiger partial charge is 0.465 e. The quantitative estimate of drug-likeness (QED) is 0.507. The molecular weight excluding hydrogens is 346 g/mol. The second kappa shape index (κ2) is 6.72. The SMILES string of the molecule is COC(=O)c1cc(-c2cccs2)nc2c1c(C)nn2Cc1ccccc1. The molecule has 130 valence electrons. The lowest BCUT2D eigenvalue weighted by molar-refractivity contribution is 0.0603. The van der Waals surface area contributed by atoms with E-state index in [1.807, 2.05) is 59.5 Å². The van der Waals surface area contributed by atoms with Crippen molar-refractivity contribution in [2.75, 3.05) is 7.11 Å². The molecule has 0 saturated carbocycles. The van der Waals surface area contributed by atoms with Gasteiger partial charge in [0.2, 0.25) is 0 Å². The van der Waals surface area contributed by atoms with Gasteiger partial charge < -0.3 is 4.74 Å². The van der Waals surface area contributed by atoms with Crippen molar-refractivity contribution < 1.29 is 9.53 Å². The number of benzene rings is 1. The zero-order chi connectivity index (χ0) is 18.1. The summed E-state index contributed by atoms with van der Waals surface area (Å²) >= 11 is 1.58. The standard InChI is InChI=1S/C20H17N3O2S/c1-13-18-15(20(24)25-2)11-16(17-9-6-10-26-17)21-19(18)23(22-13)12-14-7-4-3-5-8-14/h3-11H,12H2,1-2H3. The highest BCUT2D eigenvalue weighted by atomic mass is 32.1. The van der Waals surface area contributed by atoms with Gasteiger partial charge in [-0.15, -0.1) is 11.3 Å². The summed E-state index contributed by atoms with van der Waals surface area (Å²) in [6, 6.07) is 15.8. The molecule has 0 amide bonds. The molecule has 0 atom stereocenters. The van der Waals surface area contributed by atoms with Crippen LogP contribution < -0.4 is 0 Å². The number of carbonyl (C=O) groups excluding carboxylic acids is 1. The molecule has 26 heavy (non-hydrogen) atoms. The van der Waals surface area contributed by atoms with Crippen LogP contribution in [0.2, 0.25) is 0 Å². The van der Waals surface area contributed by atoms with E-state index in [2.05, 4.69) is 5.10 Å². The van der Waals surface area contributed by atoms with Crippen molar-refractivity contribution in [3.8, 4) is 10.6 Å². The maximum atomic E-state index is 12.4. The van der Waals surface area contributed by atoms with Crippen LogP contribution in [0.4, 0.5) is 0 Å². The monoisotopic (exact) mass is 363 g/mol. The van der Waals surface area contributed by atoms with Gasteiger partial charge in [0.25, 0.3) is 0 Å². The molecule has 0 saturated heterocycles. The van der Waals surface area contributed by atoms with Crippen LogP contribution in [0.1, 0.15) is 21.6 Å². The van der Waals surface area contributed by atoms with Crippen molar-refractivity contribution in [2.24, 2.45) is 0 Å². The second-order valence-corrected chi connectivity index (χ2v) is 6.90. The van der Waals surface area contributed by atoms with Gasteiger partial charge >= 0.3 is 5.97 Å². The molecule has 0 aliphatic rings. The number of fused-ring (bicyclic) bond motifs is 1. The summed E-state index contributed by atoms with van der Waals surface area (Å²) in [6.07, 6.45) is 0. The van der Waals surface area contributed by atoms with Gasteiger partial charge in [-0.2, -0.15) is 5.10 Å². The molecular formula is C20H17N3O2S. The Morgan fingerprint density at radius 2 is 2.00 bits per heavy atom. The molecule has 0 bridgehead atoms. The van der Waals surface area contributed by atoms with Crippen LogP contribution in [0.25, 0.3) is 21.6 Å². The summed E-state index contributed by atoms with van der Waals surface area (Å²) in [5, 5.41) is 7.37. The second-order valence-electron chi connectivity index (χ2n) is 5.95. The van der Waals surface area contributed by atoms with Gasteiger partial charge in [0.15, 0.2) is 5.65 Å². The maximum Gasteiger partial charge on any atom is 0.338 e. The third-order valence-corrected chi connectivity index (χ3v) is 5.12. The Labute approximate surface area is 154 Å². The van der Waals surface area contributed by atoms with Crippen LogP contribution >= 0.6 is 11.3 Å². The first-order valence-corrected chi connectivity index (χ1v) is 9.09. The lowest BCUT2D eigenvalue weighted by Gasteiger charge is -2.07. The number of ether oxygens (including phenoxy) is 1. The summed E-state index contributed by atoms with van der Waals surface area (Å²) in [5.74, 6) is -0.377. The van der Waals surface area contributed by atoms with Gasteiger partial charge in [0.1, 0.15) is 0 Å². The average Bonchev–Trinajstić information content (AvgIpc) is 3.30. The van der Waals surface area contributed by atoms with Gasteiger partial charge in [-0.1, -0.05) is 36.4 Å². The highest BCUT2D eigenvalue weighted by molar-refractivity contribution is 7.13. The number of carbonyl (C=O) groups is 1. The summed E-state index contributed by atoms with van der Waals surface area (Å²) < 4.78 is 6.85. The molecule has 0 spiro atoms. The zero-order valence-electron chi connectivity index (χ0n) is 14.5. The fourth-order valence-electron chi connectivity index (χ4n) is 3.04. The Balaban J connectivity index is 1.94. The minimum Gasteiger partial charge on any atom is -0.465 e. The van der Waals surface area contributed by atoms with Crippen LogP contribution in [-0.2, 0) is 11.3 Å². The molecule has 6 heteroatoms. The fourth-order valence-corrected chi connectivity index (χ4v) is 3.73. The van der Waals surface area contributed by atoms with Crippen molar-refractivity contribution in [1.82, 2.24) is 14.8 Å². The number of pyridine rings is 1. The van der Waals surface area contributed by atoms with Gasteiger partial charge in [-0.3, -0.25) is 0 Å². The summed E-state index contributed by atoms with van der Waals surface area (Å²) in [7, 11) is 1.39. The first-order chi connectivity index (χ1) is 12.7. The summed E-state index contributed by atoms with van der Waals surface area (Å²) in [5.41, 5.74) is 3.83. The number of hydrogen-bond acceptors (Lipinski definition) is 5. The van der Waals surface area contributed by atoms with E-state index in [1.54, 1.807) is 17.4 Å². The van der Waals surface area contributed by atoms with Gasteiger partial charge in [0, 0.05) is 0 Å². The average molecular weight is 363 g/mol. The number of rotatable bonds is 4. The van der Waals surface area contributed by atoms with E-state index in [-0.39, 0.29) is 5.97 Å². The van der Waals surface area contributed by atoms with Crippen LogP contribution in [0.3, 0.4) is 0 Å². The van der Waals surface area contributed by atoms with Crippen molar-refractivity contribution in [2.45, 2.75) is 13.5 Å². The van der Waals surface area contributed by atoms with E-state index < -0.39 is 0 Å². The Bertz CT molecular complexity index is 1070. The molecule has 0 aliphatic carbocycles. The fraction of sp³-hybridized carbons (Fsp3) is 0.150. The summed E-state index contributed by atoms with van der Waals surface area (Å²) in [4.78, 5) is 18.2. The predicted molar refractivity (Wildman–Crippen MR) is 102 cm³/mol. The van der Waals surface area contributed by atoms with Crippen LogP contribution in [0, 0.1) is 6.92 Å². The zero-order valence-corrected chi connectivity index (χ0v) is 15.3. The molecule has 0 aliphatic heterocycles. The number of esters is 1. The number of aryl methyl sites for hydroxylation is 1. The number of aromatic nitrogens is 3. The Morgan fingerprint density at radius 1 is 1.19 bits per heavy atom. The molecule has 4 rings (SSSR count). The molecule has 0 unspecified atom stereocenters. The van der Waals surface area contributed by atoms with E-state index in [4.69, 9.17) is 9.72 Å². The van der Waals surface area contributed by atoms with Crippen molar-refractivity contribution >= 4 is 28.3 Å². The number of methoxy groups -OCH3 is 1. The third kappa shape index (κ3) is 2.88. The lowest BCUT2D eigenvalue weighted by atomic mass is 10.1.